The van der Waals surface area contributed by atoms with Gasteiger partial charge in [0.25, 0.3) is 0 Å². The number of aryl methyl sites for hydroxylation is 1. The fraction of sp³-hybridized carbons (Fsp3) is 0.444. The van der Waals surface area contributed by atoms with Gasteiger partial charge in [-0.2, -0.15) is 4.98 Å². The van der Waals surface area contributed by atoms with Crippen molar-refractivity contribution in [2.24, 2.45) is 0 Å². The topological polar surface area (TPSA) is 93.3 Å². The van der Waals surface area contributed by atoms with Gasteiger partial charge in [-0.1, -0.05) is 19.1 Å². The molecule has 128 valence electrons. The van der Waals surface area contributed by atoms with Gasteiger partial charge < -0.3 is 20.9 Å². The van der Waals surface area contributed by atoms with Gasteiger partial charge in [-0.05, 0) is 49.8 Å². The molecule has 1 aromatic heterocycles. The summed E-state index contributed by atoms with van der Waals surface area (Å²) in [7, 11) is 0. The minimum absolute atomic E-state index is 0.189. The standard InChI is InChI=1S/C18H24N4O2/c1-2-12-3-9-15(10-4-12)24-16-11-20-18(19)22-17(16)21-13-5-7-14(23)8-6-13/h3-4,9-11,13-14,23H,2,5-8H2,1H3,(H3,19,20,21,22)/t13-,14-. The van der Waals surface area contributed by atoms with Crippen LogP contribution in [0.2, 0.25) is 0 Å². The van der Waals surface area contributed by atoms with E-state index in [-0.39, 0.29) is 18.1 Å². The van der Waals surface area contributed by atoms with Crippen molar-refractivity contribution >= 4 is 11.8 Å². The number of aliphatic hydroxyl groups is 1. The molecule has 0 saturated heterocycles. The van der Waals surface area contributed by atoms with Crippen LogP contribution < -0.4 is 15.8 Å². The zero-order chi connectivity index (χ0) is 16.9. The number of nitrogens with two attached hydrogens (primary N) is 1. The average Bonchev–Trinajstić information content (AvgIpc) is 2.60. The molecule has 6 nitrogen and oxygen atoms in total. The summed E-state index contributed by atoms with van der Waals surface area (Å²) < 4.78 is 5.93. The quantitative estimate of drug-likeness (QED) is 0.781. The first kappa shape index (κ1) is 16.5. The maximum Gasteiger partial charge on any atom is 0.222 e. The summed E-state index contributed by atoms with van der Waals surface area (Å²) in [6.07, 6.45) is 5.79. The Balaban J connectivity index is 1.74. The van der Waals surface area contributed by atoms with Crippen LogP contribution in [0.4, 0.5) is 11.8 Å². The van der Waals surface area contributed by atoms with E-state index in [0.29, 0.717) is 11.6 Å². The summed E-state index contributed by atoms with van der Waals surface area (Å²) in [5.41, 5.74) is 6.99. The highest BCUT2D eigenvalue weighted by Gasteiger charge is 2.21. The van der Waals surface area contributed by atoms with Crippen LogP contribution in [-0.4, -0.2) is 27.2 Å². The van der Waals surface area contributed by atoms with Crippen LogP contribution in [0.5, 0.6) is 11.5 Å². The normalized spacial score (nSPS) is 20.6. The van der Waals surface area contributed by atoms with Crippen LogP contribution >= 0.6 is 0 Å². The number of aromatic nitrogens is 2. The molecule has 4 N–H and O–H groups in total. The Morgan fingerprint density at radius 1 is 1.21 bits per heavy atom. The van der Waals surface area contributed by atoms with E-state index in [1.165, 1.54) is 5.56 Å². The highest BCUT2D eigenvalue weighted by Crippen LogP contribution is 2.30. The van der Waals surface area contributed by atoms with Crippen molar-refractivity contribution < 1.29 is 9.84 Å². The maximum atomic E-state index is 9.63. The molecule has 0 spiro atoms. The predicted molar refractivity (Wildman–Crippen MR) is 94.2 cm³/mol. The Morgan fingerprint density at radius 2 is 1.92 bits per heavy atom. The van der Waals surface area contributed by atoms with Gasteiger partial charge in [0.1, 0.15) is 5.75 Å². The molecule has 1 aromatic carbocycles. The Labute approximate surface area is 142 Å². The van der Waals surface area contributed by atoms with E-state index < -0.39 is 0 Å². The molecular weight excluding hydrogens is 304 g/mol. The summed E-state index contributed by atoms with van der Waals surface area (Å²) in [5.74, 6) is 2.10. The van der Waals surface area contributed by atoms with Crippen molar-refractivity contribution in [3.63, 3.8) is 0 Å². The largest absolute Gasteiger partial charge is 0.452 e. The zero-order valence-corrected chi connectivity index (χ0v) is 13.9. The number of anilines is 2. The first-order chi connectivity index (χ1) is 11.6. The highest BCUT2D eigenvalue weighted by atomic mass is 16.5. The molecule has 0 radical (unpaired) electrons. The van der Waals surface area contributed by atoms with Gasteiger partial charge in [0.2, 0.25) is 5.95 Å². The minimum atomic E-state index is -0.189. The number of benzene rings is 1. The number of nitrogens with zero attached hydrogens (tertiary/aromatic N) is 2. The molecule has 1 saturated carbocycles. The summed E-state index contributed by atoms with van der Waals surface area (Å²) in [6, 6.07) is 8.23. The molecular formula is C18H24N4O2. The van der Waals surface area contributed by atoms with Crippen molar-refractivity contribution in [2.45, 2.75) is 51.2 Å². The van der Waals surface area contributed by atoms with E-state index in [2.05, 4.69) is 22.2 Å². The lowest BCUT2D eigenvalue weighted by molar-refractivity contribution is 0.126. The second-order valence-corrected chi connectivity index (χ2v) is 6.19. The number of nitrogen functional groups attached to an aromatic ring is 1. The molecule has 0 bridgehead atoms. The van der Waals surface area contributed by atoms with Crippen molar-refractivity contribution in [1.82, 2.24) is 9.97 Å². The third-order valence-electron chi connectivity index (χ3n) is 4.37. The zero-order valence-electron chi connectivity index (χ0n) is 13.9. The summed E-state index contributed by atoms with van der Waals surface area (Å²) in [6.45, 7) is 2.12. The van der Waals surface area contributed by atoms with Crippen molar-refractivity contribution in [2.75, 3.05) is 11.1 Å². The van der Waals surface area contributed by atoms with Gasteiger partial charge in [-0.15, -0.1) is 0 Å². The summed E-state index contributed by atoms with van der Waals surface area (Å²) in [4.78, 5) is 8.32. The fourth-order valence-corrected chi connectivity index (χ4v) is 2.90. The minimum Gasteiger partial charge on any atom is -0.452 e. The van der Waals surface area contributed by atoms with E-state index in [9.17, 15) is 5.11 Å². The van der Waals surface area contributed by atoms with E-state index in [0.717, 1.165) is 37.9 Å². The van der Waals surface area contributed by atoms with Crippen LogP contribution in [0.15, 0.2) is 30.5 Å². The molecule has 24 heavy (non-hydrogen) atoms. The lowest BCUT2D eigenvalue weighted by atomic mass is 9.93. The van der Waals surface area contributed by atoms with Gasteiger partial charge in [-0.3, -0.25) is 0 Å². The fourth-order valence-electron chi connectivity index (χ4n) is 2.90. The molecule has 1 aliphatic carbocycles. The molecule has 6 heteroatoms. The van der Waals surface area contributed by atoms with Gasteiger partial charge in [0.05, 0.1) is 12.3 Å². The van der Waals surface area contributed by atoms with E-state index >= 15 is 0 Å². The van der Waals surface area contributed by atoms with Crippen LogP contribution in [0.25, 0.3) is 0 Å². The van der Waals surface area contributed by atoms with Gasteiger partial charge in [0.15, 0.2) is 11.6 Å². The molecule has 2 aromatic rings. The second kappa shape index (κ2) is 7.49. The van der Waals surface area contributed by atoms with E-state index in [4.69, 9.17) is 10.5 Å². The molecule has 0 unspecified atom stereocenters. The van der Waals surface area contributed by atoms with Crippen LogP contribution in [0, 0.1) is 0 Å². The molecule has 1 heterocycles. The SMILES string of the molecule is CCc1ccc(Oc2cnc(N)nc2N[C@H]2CC[C@H](O)CC2)cc1. The second-order valence-electron chi connectivity index (χ2n) is 6.19. The molecule has 0 aliphatic heterocycles. The molecule has 0 atom stereocenters. The molecule has 3 rings (SSSR count). The Hall–Kier alpha value is -2.34. The van der Waals surface area contributed by atoms with Gasteiger partial charge in [0, 0.05) is 6.04 Å². The van der Waals surface area contributed by atoms with E-state index in [1.807, 2.05) is 24.3 Å². The number of hydrogen-bond donors (Lipinski definition) is 3. The lowest BCUT2D eigenvalue weighted by Gasteiger charge is -2.27. The monoisotopic (exact) mass is 328 g/mol. The summed E-state index contributed by atoms with van der Waals surface area (Å²) >= 11 is 0. The molecule has 1 fully saturated rings. The average molecular weight is 328 g/mol. The highest BCUT2D eigenvalue weighted by molar-refractivity contribution is 5.53. The lowest BCUT2D eigenvalue weighted by Crippen LogP contribution is -2.28. The maximum absolute atomic E-state index is 9.63. The van der Waals surface area contributed by atoms with Crippen LogP contribution in [0.3, 0.4) is 0 Å². The first-order valence-electron chi connectivity index (χ1n) is 8.48. The van der Waals surface area contributed by atoms with E-state index in [1.54, 1.807) is 6.20 Å². The van der Waals surface area contributed by atoms with Crippen molar-refractivity contribution in [3.05, 3.63) is 36.0 Å². The third kappa shape index (κ3) is 4.14. The predicted octanol–water partition coefficient (Wildman–Crippen LogP) is 3.13. The Morgan fingerprint density at radius 3 is 2.58 bits per heavy atom. The Kier molecular flexibility index (Phi) is 5.15. The number of aliphatic hydroxyl groups excluding tert-OH is 1. The smallest absolute Gasteiger partial charge is 0.222 e. The number of rotatable bonds is 5. The van der Waals surface area contributed by atoms with Crippen molar-refractivity contribution in [3.8, 4) is 11.5 Å². The van der Waals surface area contributed by atoms with Crippen LogP contribution in [-0.2, 0) is 6.42 Å². The first-order valence-corrected chi connectivity index (χ1v) is 8.48. The Bertz CT molecular complexity index is 667. The number of nitrogens with one attached hydrogen (secondary N) is 1. The van der Waals surface area contributed by atoms with Gasteiger partial charge in [-0.25, -0.2) is 4.98 Å². The number of ether oxygens (including phenoxy) is 1. The molecule has 1 aliphatic rings. The van der Waals surface area contributed by atoms with Crippen LogP contribution in [0.1, 0.15) is 38.2 Å². The number of hydrogen-bond acceptors (Lipinski definition) is 6. The third-order valence-corrected chi connectivity index (χ3v) is 4.37. The molecule has 0 amide bonds. The van der Waals surface area contributed by atoms with Crippen molar-refractivity contribution in [1.29, 1.82) is 0 Å². The van der Waals surface area contributed by atoms with Gasteiger partial charge >= 0.3 is 0 Å². The summed E-state index contributed by atoms with van der Waals surface area (Å²) in [5, 5.41) is 13.0.